The summed E-state index contributed by atoms with van der Waals surface area (Å²) in [6, 6.07) is 12.0. The summed E-state index contributed by atoms with van der Waals surface area (Å²) in [5.74, 6) is 0.865. The Bertz CT molecular complexity index is 499. The van der Waals surface area contributed by atoms with Crippen LogP contribution in [-0.2, 0) is 6.61 Å². The summed E-state index contributed by atoms with van der Waals surface area (Å²) in [4.78, 5) is 5.50. The SMILES string of the molecule is CNc1ccnc(COc2ccc(SC)cc2)c1. The zero-order valence-electron chi connectivity index (χ0n) is 10.5. The van der Waals surface area contributed by atoms with Crippen LogP contribution in [0.15, 0.2) is 47.5 Å². The Morgan fingerprint density at radius 3 is 2.67 bits per heavy atom. The van der Waals surface area contributed by atoms with E-state index in [0.29, 0.717) is 6.61 Å². The maximum absolute atomic E-state index is 5.69. The Kier molecular flexibility index (Phi) is 4.47. The van der Waals surface area contributed by atoms with Gasteiger partial charge in [0.15, 0.2) is 0 Å². The van der Waals surface area contributed by atoms with Crippen molar-refractivity contribution in [2.24, 2.45) is 0 Å². The number of benzene rings is 1. The number of anilines is 1. The van der Waals surface area contributed by atoms with Gasteiger partial charge in [0.25, 0.3) is 0 Å². The molecule has 0 saturated heterocycles. The fourth-order valence-corrected chi connectivity index (χ4v) is 1.95. The van der Waals surface area contributed by atoms with E-state index in [4.69, 9.17) is 4.74 Å². The fourth-order valence-electron chi connectivity index (χ4n) is 1.54. The van der Waals surface area contributed by atoms with Gasteiger partial charge >= 0.3 is 0 Å². The summed E-state index contributed by atoms with van der Waals surface area (Å²) in [6.07, 6.45) is 3.84. The number of aromatic nitrogens is 1. The molecule has 0 aliphatic carbocycles. The molecular formula is C14H16N2OS. The molecule has 1 heterocycles. The van der Waals surface area contributed by atoms with Crippen LogP contribution in [0.25, 0.3) is 0 Å². The molecule has 0 radical (unpaired) electrons. The Labute approximate surface area is 112 Å². The number of thioether (sulfide) groups is 1. The summed E-state index contributed by atoms with van der Waals surface area (Å²) in [5.41, 5.74) is 1.96. The summed E-state index contributed by atoms with van der Waals surface area (Å²) < 4.78 is 5.69. The van der Waals surface area contributed by atoms with Crippen molar-refractivity contribution in [2.45, 2.75) is 11.5 Å². The summed E-state index contributed by atoms with van der Waals surface area (Å²) in [7, 11) is 1.89. The molecule has 2 rings (SSSR count). The van der Waals surface area contributed by atoms with Crippen LogP contribution in [0.5, 0.6) is 5.75 Å². The number of hydrogen-bond donors (Lipinski definition) is 1. The molecule has 3 nitrogen and oxygen atoms in total. The van der Waals surface area contributed by atoms with Gasteiger partial charge in [0.2, 0.25) is 0 Å². The van der Waals surface area contributed by atoms with Crippen molar-refractivity contribution in [3.8, 4) is 5.75 Å². The number of pyridine rings is 1. The first kappa shape index (κ1) is 12.8. The van der Waals surface area contributed by atoms with Gasteiger partial charge < -0.3 is 10.1 Å². The number of hydrogen-bond acceptors (Lipinski definition) is 4. The van der Waals surface area contributed by atoms with Crippen LogP contribution in [0, 0.1) is 0 Å². The average Bonchev–Trinajstić information content (AvgIpc) is 2.46. The largest absolute Gasteiger partial charge is 0.487 e. The third-order valence-electron chi connectivity index (χ3n) is 2.55. The molecule has 1 aromatic heterocycles. The lowest BCUT2D eigenvalue weighted by Gasteiger charge is -2.07. The van der Waals surface area contributed by atoms with Crippen LogP contribution in [0.1, 0.15) is 5.69 Å². The van der Waals surface area contributed by atoms with Crippen molar-refractivity contribution < 1.29 is 4.74 Å². The minimum absolute atomic E-state index is 0.480. The standard InChI is InChI=1S/C14H16N2OS/c1-15-11-7-8-16-12(9-11)10-17-13-3-5-14(18-2)6-4-13/h3-9H,10H2,1-2H3,(H,15,16). The average molecular weight is 260 g/mol. The second-order valence-electron chi connectivity index (χ2n) is 3.75. The second kappa shape index (κ2) is 6.31. The van der Waals surface area contributed by atoms with Crippen LogP contribution in [0.2, 0.25) is 0 Å². The van der Waals surface area contributed by atoms with Gasteiger partial charge in [-0.3, -0.25) is 4.98 Å². The minimum Gasteiger partial charge on any atom is -0.487 e. The quantitative estimate of drug-likeness (QED) is 0.835. The van der Waals surface area contributed by atoms with E-state index in [1.807, 2.05) is 31.3 Å². The van der Waals surface area contributed by atoms with Crippen LogP contribution in [0.4, 0.5) is 5.69 Å². The maximum Gasteiger partial charge on any atom is 0.130 e. The predicted octanol–water partition coefficient (Wildman–Crippen LogP) is 3.42. The summed E-state index contributed by atoms with van der Waals surface area (Å²) >= 11 is 1.72. The summed E-state index contributed by atoms with van der Waals surface area (Å²) in [6.45, 7) is 0.480. The van der Waals surface area contributed by atoms with E-state index < -0.39 is 0 Å². The molecule has 1 N–H and O–H groups in total. The van der Waals surface area contributed by atoms with Crippen LogP contribution in [0.3, 0.4) is 0 Å². The molecule has 1 aromatic carbocycles. The van der Waals surface area contributed by atoms with E-state index in [9.17, 15) is 0 Å². The van der Waals surface area contributed by atoms with Crippen LogP contribution < -0.4 is 10.1 Å². The molecular weight excluding hydrogens is 244 g/mol. The molecule has 0 aliphatic rings. The molecule has 4 heteroatoms. The van der Waals surface area contributed by atoms with Gasteiger partial charge in [-0.05, 0) is 42.7 Å². The molecule has 0 saturated carbocycles. The highest BCUT2D eigenvalue weighted by Gasteiger charge is 1.99. The predicted molar refractivity (Wildman–Crippen MR) is 76.3 cm³/mol. The number of rotatable bonds is 5. The van der Waals surface area contributed by atoms with Gasteiger partial charge in [0, 0.05) is 23.8 Å². The highest BCUT2D eigenvalue weighted by Crippen LogP contribution is 2.19. The van der Waals surface area contributed by atoms with E-state index >= 15 is 0 Å². The summed E-state index contributed by atoms with van der Waals surface area (Å²) in [5, 5.41) is 3.08. The molecule has 0 unspecified atom stereocenters. The fraction of sp³-hybridized carbons (Fsp3) is 0.214. The molecule has 2 aromatic rings. The maximum atomic E-state index is 5.69. The van der Waals surface area contributed by atoms with Crippen LogP contribution in [-0.4, -0.2) is 18.3 Å². The number of ether oxygens (including phenoxy) is 1. The van der Waals surface area contributed by atoms with Gasteiger partial charge in [-0.2, -0.15) is 0 Å². The lowest BCUT2D eigenvalue weighted by molar-refractivity contribution is 0.301. The van der Waals surface area contributed by atoms with Gasteiger partial charge in [0.05, 0.1) is 5.69 Å². The highest BCUT2D eigenvalue weighted by molar-refractivity contribution is 7.98. The van der Waals surface area contributed by atoms with Gasteiger partial charge in [0.1, 0.15) is 12.4 Å². The third-order valence-corrected chi connectivity index (χ3v) is 3.29. The number of nitrogens with zero attached hydrogens (tertiary/aromatic N) is 1. The smallest absolute Gasteiger partial charge is 0.130 e. The van der Waals surface area contributed by atoms with Crippen molar-refractivity contribution in [3.05, 3.63) is 48.3 Å². The molecule has 94 valence electrons. The third kappa shape index (κ3) is 3.40. The lowest BCUT2D eigenvalue weighted by atomic mass is 10.3. The van der Waals surface area contributed by atoms with Crippen molar-refractivity contribution in [2.75, 3.05) is 18.6 Å². The first-order chi connectivity index (χ1) is 8.81. The second-order valence-corrected chi connectivity index (χ2v) is 4.63. The van der Waals surface area contributed by atoms with Crippen molar-refractivity contribution in [1.82, 2.24) is 4.98 Å². The molecule has 0 atom stereocenters. The minimum atomic E-state index is 0.480. The molecule has 0 aliphatic heterocycles. The van der Waals surface area contributed by atoms with Gasteiger partial charge in [-0.25, -0.2) is 0 Å². The molecule has 0 bridgehead atoms. The lowest BCUT2D eigenvalue weighted by Crippen LogP contribution is -1.99. The molecule has 18 heavy (non-hydrogen) atoms. The van der Waals surface area contributed by atoms with Gasteiger partial charge in [-0.1, -0.05) is 0 Å². The Balaban J connectivity index is 1.97. The Morgan fingerprint density at radius 1 is 1.22 bits per heavy atom. The van der Waals surface area contributed by atoms with E-state index in [2.05, 4.69) is 28.7 Å². The first-order valence-corrected chi connectivity index (χ1v) is 6.94. The van der Waals surface area contributed by atoms with E-state index in [1.54, 1.807) is 18.0 Å². The highest BCUT2D eigenvalue weighted by atomic mass is 32.2. The van der Waals surface area contributed by atoms with Crippen molar-refractivity contribution >= 4 is 17.4 Å². The zero-order chi connectivity index (χ0) is 12.8. The molecule has 0 amide bonds. The van der Waals surface area contributed by atoms with Crippen molar-refractivity contribution in [3.63, 3.8) is 0 Å². The van der Waals surface area contributed by atoms with Gasteiger partial charge in [-0.15, -0.1) is 11.8 Å². The molecule has 0 spiro atoms. The molecule has 0 fully saturated rings. The first-order valence-electron chi connectivity index (χ1n) is 5.71. The number of nitrogens with one attached hydrogen (secondary N) is 1. The Morgan fingerprint density at radius 2 is 2.00 bits per heavy atom. The van der Waals surface area contributed by atoms with E-state index in [0.717, 1.165) is 17.1 Å². The van der Waals surface area contributed by atoms with Crippen LogP contribution >= 0.6 is 11.8 Å². The normalized spacial score (nSPS) is 10.1. The zero-order valence-corrected chi connectivity index (χ0v) is 11.3. The Hall–Kier alpha value is -1.68. The monoisotopic (exact) mass is 260 g/mol. The van der Waals surface area contributed by atoms with E-state index in [1.165, 1.54) is 4.90 Å². The van der Waals surface area contributed by atoms with Crippen molar-refractivity contribution in [1.29, 1.82) is 0 Å². The topological polar surface area (TPSA) is 34.2 Å². The van der Waals surface area contributed by atoms with E-state index in [-0.39, 0.29) is 0 Å².